The standard InChI is InChI=1S/C19H17F3N2O2/c20-19(21,22)18(25)23-12-5-6-14-13-3-1-2-4-15(13)17(16(14)11-12)24-7-9-26-10-8-24/h1-6,11,17H,7-10H2,(H,23,25)/t17-/m1/s1. The van der Waals surface area contributed by atoms with Gasteiger partial charge in [0, 0.05) is 18.8 Å². The molecule has 7 heteroatoms. The molecule has 0 unspecified atom stereocenters. The minimum Gasteiger partial charge on any atom is -0.379 e. The van der Waals surface area contributed by atoms with E-state index in [2.05, 4.69) is 4.90 Å². The molecule has 4 nitrogen and oxygen atoms in total. The van der Waals surface area contributed by atoms with Crippen LogP contribution in [-0.4, -0.2) is 43.3 Å². The number of alkyl halides is 3. The maximum Gasteiger partial charge on any atom is 0.471 e. The highest BCUT2D eigenvalue weighted by atomic mass is 19.4. The normalized spacial score (nSPS) is 19.7. The summed E-state index contributed by atoms with van der Waals surface area (Å²) in [6.45, 7) is 2.74. The zero-order valence-electron chi connectivity index (χ0n) is 13.8. The zero-order valence-corrected chi connectivity index (χ0v) is 13.8. The predicted octanol–water partition coefficient (Wildman–Crippen LogP) is 3.59. The molecular weight excluding hydrogens is 345 g/mol. The molecule has 26 heavy (non-hydrogen) atoms. The van der Waals surface area contributed by atoms with Crippen LogP contribution < -0.4 is 5.32 Å². The topological polar surface area (TPSA) is 41.6 Å². The average molecular weight is 362 g/mol. The van der Waals surface area contributed by atoms with E-state index in [0.717, 1.165) is 35.3 Å². The van der Waals surface area contributed by atoms with Gasteiger partial charge < -0.3 is 10.1 Å². The number of nitrogens with one attached hydrogen (secondary N) is 1. The van der Waals surface area contributed by atoms with Crippen LogP contribution in [0, 0.1) is 0 Å². The van der Waals surface area contributed by atoms with Gasteiger partial charge in [0.1, 0.15) is 0 Å². The molecule has 1 heterocycles. The van der Waals surface area contributed by atoms with Gasteiger partial charge in [0.15, 0.2) is 0 Å². The van der Waals surface area contributed by atoms with Crippen molar-refractivity contribution < 1.29 is 22.7 Å². The average Bonchev–Trinajstić information content (AvgIpc) is 2.95. The van der Waals surface area contributed by atoms with Crippen LogP contribution in [-0.2, 0) is 9.53 Å². The maximum atomic E-state index is 12.6. The number of fused-ring (bicyclic) bond motifs is 3. The van der Waals surface area contributed by atoms with Crippen molar-refractivity contribution >= 4 is 11.6 Å². The number of carbonyl (C=O) groups excluding carboxylic acids is 1. The second kappa shape index (κ2) is 6.41. The van der Waals surface area contributed by atoms with Gasteiger partial charge >= 0.3 is 12.1 Å². The highest BCUT2D eigenvalue weighted by molar-refractivity contribution is 5.95. The highest BCUT2D eigenvalue weighted by Crippen LogP contribution is 2.47. The fourth-order valence-electron chi connectivity index (χ4n) is 3.69. The van der Waals surface area contributed by atoms with Crippen molar-refractivity contribution in [2.45, 2.75) is 12.2 Å². The van der Waals surface area contributed by atoms with Gasteiger partial charge in [0.2, 0.25) is 0 Å². The number of hydrogen-bond acceptors (Lipinski definition) is 3. The van der Waals surface area contributed by atoms with Crippen LogP contribution in [0.25, 0.3) is 11.1 Å². The zero-order chi connectivity index (χ0) is 18.3. The van der Waals surface area contributed by atoms with Crippen molar-refractivity contribution in [3.05, 3.63) is 53.6 Å². The Labute approximate surface area is 148 Å². The molecule has 1 amide bonds. The third-order valence-electron chi connectivity index (χ3n) is 4.82. The molecule has 1 N–H and O–H groups in total. The summed E-state index contributed by atoms with van der Waals surface area (Å²) >= 11 is 0. The summed E-state index contributed by atoms with van der Waals surface area (Å²) in [5, 5.41) is 1.95. The first-order valence-electron chi connectivity index (χ1n) is 8.38. The molecule has 0 bridgehead atoms. The van der Waals surface area contributed by atoms with Crippen molar-refractivity contribution in [3.8, 4) is 11.1 Å². The van der Waals surface area contributed by atoms with Gasteiger partial charge in [0.25, 0.3) is 0 Å². The number of ether oxygens (including phenoxy) is 1. The van der Waals surface area contributed by atoms with Crippen LogP contribution in [0.4, 0.5) is 18.9 Å². The number of rotatable bonds is 2. The van der Waals surface area contributed by atoms with E-state index >= 15 is 0 Å². The van der Waals surface area contributed by atoms with E-state index in [4.69, 9.17) is 4.74 Å². The third kappa shape index (κ3) is 2.97. The lowest BCUT2D eigenvalue weighted by molar-refractivity contribution is -0.167. The molecule has 2 aromatic carbocycles. The maximum absolute atomic E-state index is 12.6. The molecular formula is C19H17F3N2O2. The molecule has 0 radical (unpaired) electrons. The molecule has 1 aliphatic heterocycles. The summed E-state index contributed by atoms with van der Waals surface area (Å²) in [5.41, 5.74) is 4.25. The Balaban J connectivity index is 1.73. The summed E-state index contributed by atoms with van der Waals surface area (Å²) in [7, 11) is 0. The van der Waals surface area contributed by atoms with E-state index in [1.807, 2.05) is 29.6 Å². The lowest BCUT2D eigenvalue weighted by Gasteiger charge is -2.33. The lowest BCUT2D eigenvalue weighted by atomic mass is 10.0. The number of anilines is 1. The van der Waals surface area contributed by atoms with Gasteiger partial charge in [0.05, 0.1) is 19.3 Å². The molecule has 0 saturated carbocycles. The summed E-state index contributed by atoms with van der Waals surface area (Å²) in [5.74, 6) is -1.96. The summed E-state index contributed by atoms with van der Waals surface area (Å²) in [6, 6.07) is 12.9. The van der Waals surface area contributed by atoms with Crippen molar-refractivity contribution in [2.75, 3.05) is 31.6 Å². The predicted molar refractivity (Wildman–Crippen MR) is 90.8 cm³/mol. The first-order chi connectivity index (χ1) is 12.4. The van der Waals surface area contributed by atoms with Crippen molar-refractivity contribution in [2.24, 2.45) is 0 Å². The summed E-state index contributed by atoms with van der Waals surface area (Å²) in [6.07, 6.45) is -4.91. The Hall–Kier alpha value is -2.38. The molecule has 0 spiro atoms. The van der Waals surface area contributed by atoms with E-state index in [9.17, 15) is 18.0 Å². The highest BCUT2D eigenvalue weighted by Gasteiger charge is 2.39. The molecule has 1 atom stereocenters. The minimum atomic E-state index is -4.91. The second-order valence-corrected chi connectivity index (χ2v) is 6.39. The molecule has 136 valence electrons. The monoisotopic (exact) mass is 362 g/mol. The van der Waals surface area contributed by atoms with Crippen LogP contribution in [0.3, 0.4) is 0 Å². The summed E-state index contributed by atoms with van der Waals surface area (Å²) < 4.78 is 43.1. The number of amides is 1. The molecule has 2 aliphatic rings. The first kappa shape index (κ1) is 17.1. The van der Waals surface area contributed by atoms with Crippen LogP contribution in [0.5, 0.6) is 0 Å². The Morgan fingerprint density at radius 3 is 2.46 bits per heavy atom. The van der Waals surface area contributed by atoms with E-state index in [1.54, 1.807) is 12.1 Å². The molecule has 1 fully saturated rings. The number of halogens is 3. The fraction of sp³-hybridized carbons (Fsp3) is 0.316. The number of benzene rings is 2. The van der Waals surface area contributed by atoms with Crippen molar-refractivity contribution in [1.82, 2.24) is 4.90 Å². The van der Waals surface area contributed by atoms with Crippen molar-refractivity contribution in [1.29, 1.82) is 0 Å². The number of nitrogens with zero attached hydrogens (tertiary/aromatic N) is 1. The molecule has 1 aliphatic carbocycles. The SMILES string of the molecule is O=C(Nc1ccc2c(c1)[C@H](N1CCOCC1)c1ccccc1-2)C(F)(F)F. The van der Waals surface area contributed by atoms with E-state index < -0.39 is 12.1 Å². The Bertz CT molecular complexity index is 845. The Morgan fingerprint density at radius 2 is 1.73 bits per heavy atom. The molecule has 2 aromatic rings. The smallest absolute Gasteiger partial charge is 0.379 e. The lowest BCUT2D eigenvalue weighted by Crippen LogP contribution is -2.38. The number of hydrogen-bond donors (Lipinski definition) is 1. The van der Waals surface area contributed by atoms with Gasteiger partial charge in [-0.25, -0.2) is 0 Å². The number of carbonyl (C=O) groups is 1. The second-order valence-electron chi connectivity index (χ2n) is 6.39. The van der Waals surface area contributed by atoms with Gasteiger partial charge in [-0.3, -0.25) is 9.69 Å². The van der Waals surface area contributed by atoms with Crippen LogP contribution in [0.2, 0.25) is 0 Å². The summed E-state index contributed by atoms with van der Waals surface area (Å²) in [4.78, 5) is 13.5. The van der Waals surface area contributed by atoms with Crippen LogP contribution >= 0.6 is 0 Å². The quantitative estimate of drug-likeness (QED) is 0.888. The molecule has 1 saturated heterocycles. The van der Waals surface area contributed by atoms with Gasteiger partial charge in [-0.05, 0) is 34.4 Å². The largest absolute Gasteiger partial charge is 0.471 e. The van der Waals surface area contributed by atoms with E-state index in [0.29, 0.717) is 13.2 Å². The van der Waals surface area contributed by atoms with Crippen molar-refractivity contribution in [3.63, 3.8) is 0 Å². The first-order valence-corrected chi connectivity index (χ1v) is 8.38. The van der Waals surface area contributed by atoms with Gasteiger partial charge in [-0.1, -0.05) is 30.3 Å². The molecule has 4 rings (SSSR count). The Morgan fingerprint density at radius 1 is 1.04 bits per heavy atom. The van der Waals surface area contributed by atoms with E-state index in [1.165, 1.54) is 6.07 Å². The van der Waals surface area contributed by atoms with Gasteiger partial charge in [-0.2, -0.15) is 13.2 Å². The Kier molecular flexibility index (Phi) is 4.20. The fourth-order valence-corrected chi connectivity index (χ4v) is 3.69. The number of morpholine rings is 1. The van der Waals surface area contributed by atoms with Crippen LogP contribution in [0.15, 0.2) is 42.5 Å². The molecule has 0 aromatic heterocycles. The van der Waals surface area contributed by atoms with Gasteiger partial charge in [-0.15, -0.1) is 0 Å². The van der Waals surface area contributed by atoms with Crippen LogP contribution in [0.1, 0.15) is 17.2 Å². The van der Waals surface area contributed by atoms with E-state index in [-0.39, 0.29) is 11.7 Å². The third-order valence-corrected chi connectivity index (χ3v) is 4.82. The minimum absolute atomic E-state index is 0.0483.